The molecule has 0 fully saturated rings. The van der Waals surface area contributed by atoms with E-state index in [9.17, 15) is 8.78 Å². The fourth-order valence-electron chi connectivity index (χ4n) is 3.63. The molecule has 4 rings (SSSR count). The average molecular weight is 448 g/mol. The Labute approximate surface area is 193 Å². The number of hydrogen-bond acceptors (Lipinski definition) is 3. The molecule has 0 atom stereocenters. The van der Waals surface area contributed by atoms with Crippen molar-refractivity contribution in [3.63, 3.8) is 0 Å². The summed E-state index contributed by atoms with van der Waals surface area (Å²) in [5.74, 6) is 1.86. The number of nitrogens with zero attached hydrogens (tertiary/aromatic N) is 2. The molecule has 3 aromatic rings. The van der Waals surface area contributed by atoms with Gasteiger partial charge in [0, 0.05) is 24.2 Å². The first-order valence-electron chi connectivity index (χ1n) is 11.2. The molecule has 3 aromatic carbocycles. The molecule has 0 radical (unpaired) electrons. The minimum absolute atomic E-state index is 0.237. The lowest BCUT2D eigenvalue weighted by Gasteiger charge is -2.06. The highest BCUT2D eigenvalue weighted by Crippen LogP contribution is 2.23. The van der Waals surface area contributed by atoms with Gasteiger partial charge in [0.25, 0.3) is 0 Å². The number of amidine groups is 2. The van der Waals surface area contributed by atoms with E-state index in [0.717, 1.165) is 52.5 Å². The molecule has 33 heavy (non-hydrogen) atoms. The van der Waals surface area contributed by atoms with Gasteiger partial charge in [0.15, 0.2) is 0 Å². The zero-order valence-corrected chi connectivity index (χ0v) is 18.7. The van der Waals surface area contributed by atoms with Crippen molar-refractivity contribution in [2.45, 2.75) is 26.2 Å². The first kappa shape index (κ1) is 22.6. The zero-order chi connectivity index (χ0) is 23.0. The fraction of sp³-hybridized carbons (Fsp3) is 0.259. The van der Waals surface area contributed by atoms with E-state index in [-0.39, 0.29) is 11.6 Å². The number of fused-ring (bicyclic) bond motifs is 1. The van der Waals surface area contributed by atoms with Gasteiger partial charge in [-0.1, -0.05) is 31.2 Å². The van der Waals surface area contributed by atoms with Crippen LogP contribution in [0.25, 0.3) is 0 Å². The summed E-state index contributed by atoms with van der Waals surface area (Å²) >= 11 is 0. The second-order valence-corrected chi connectivity index (χ2v) is 7.89. The maximum atomic E-state index is 13.1. The van der Waals surface area contributed by atoms with Crippen molar-refractivity contribution >= 4 is 11.7 Å². The van der Waals surface area contributed by atoms with Crippen LogP contribution in [0.15, 0.2) is 76.7 Å². The molecule has 0 unspecified atom stereocenters. The standard InChI is InChI=1S/C27H27F2N3O/c1-2-17-33-23-11-12-24-25(18-23)27(31-16-14-20-5-9-22(29)10-6-20)32-26(24)30-15-13-19-3-7-21(28)8-4-19/h3-12,18H,2,13-17H2,1H3,(H,30,31,32). The molecule has 1 aliphatic heterocycles. The predicted molar refractivity (Wildman–Crippen MR) is 128 cm³/mol. The third-order valence-electron chi connectivity index (χ3n) is 5.38. The van der Waals surface area contributed by atoms with Crippen LogP contribution in [0.1, 0.15) is 35.6 Å². The second-order valence-electron chi connectivity index (χ2n) is 7.89. The summed E-state index contributed by atoms with van der Waals surface area (Å²) in [6.45, 7) is 3.87. The Bertz CT molecular complexity index is 1140. The SMILES string of the molecule is CCCOc1ccc2c(c1)C(=NCCc1ccc(F)cc1)NC2=NCCc1ccc(F)cc1. The van der Waals surface area contributed by atoms with Gasteiger partial charge in [-0.25, -0.2) is 8.78 Å². The number of ether oxygens (including phenoxy) is 1. The molecule has 0 aliphatic carbocycles. The Morgan fingerprint density at radius 2 is 1.27 bits per heavy atom. The number of aliphatic imine (C=N–C) groups is 2. The van der Waals surface area contributed by atoms with Crippen LogP contribution in [-0.2, 0) is 12.8 Å². The molecule has 1 heterocycles. The molecule has 0 spiro atoms. The zero-order valence-electron chi connectivity index (χ0n) is 18.7. The molecular weight excluding hydrogens is 420 g/mol. The van der Waals surface area contributed by atoms with Gasteiger partial charge >= 0.3 is 0 Å². The van der Waals surface area contributed by atoms with Gasteiger partial charge in [0.2, 0.25) is 0 Å². The highest BCUT2D eigenvalue weighted by molar-refractivity contribution is 6.25. The molecule has 1 aliphatic rings. The summed E-state index contributed by atoms with van der Waals surface area (Å²) in [4.78, 5) is 9.51. The number of nitrogens with one attached hydrogen (secondary N) is 1. The Balaban J connectivity index is 1.50. The first-order chi connectivity index (χ1) is 16.1. The van der Waals surface area contributed by atoms with Crippen molar-refractivity contribution in [3.05, 3.63) is 101 Å². The van der Waals surface area contributed by atoms with Crippen molar-refractivity contribution in [2.75, 3.05) is 19.7 Å². The van der Waals surface area contributed by atoms with Crippen molar-refractivity contribution < 1.29 is 13.5 Å². The molecular formula is C27H27F2N3O. The summed E-state index contributed by atoms with van der Waals surface area (Å²) in [5, 5.41) is 3.35. The smallest absolute Gasteiger partial charge is 0.134 e. The lowest BCUT2D eigenvalue weighted by molar-refractivity contribution is 0.317. The number of benzene rings is 3. The van der Waals surface area contributed by atoms with Gasteiger partial charge in [0.1, 0.15) is 29.1 Å². The van der Waals surface area contributed by atoms with Crippen molar-refractivity contribution in [2.24, 2.45) is 9.98 Å². The van der Waals surface area contributed by atoms with E-state index in [1.807, 2.05) is 18.2 Å². The molecule has 170 valence electrons. The average Bonchev–Trinajstić information content (AvgIpc) is 3.17. The third-order valence-corrected chi connectivity index (χ3v) is 5.38. The van der Waals surface area contributed by atoms with Crippen LogP contribution in [0.3, 0.4) is 0 Å². The third kappa shape index (κ3) is 6.04. The van der Waals surface area contributed by atoms with Gasteiger partial charge in [-0.2, -0.15) is 0 Å². The van der Waals surface area contributed by atoms with E-state index in [4.69, 9.17) is 14.7 Å². The Hall–Kier alpha value is -3.54. The summed E-state index contributed by atoms with van der Waals surface area (Å²) in [7, 11) is 0. The van der Waals surface area contributed by atoms with Crippen LogP contribution in [0.5, 0.6) is 5.75 Å². The molecule has 0 amide bonds. The highest BCUT2D eigenvalue weighted by Gasteiger charge is 2.23. The quantitative estimate of drug-likeness (QED) is 0.482. The molecule has 0 aromatic heterocycles. The van der Waals surface area contributed by atoms with Gasteiger partial charge in [-0.05, 0) is 72.9 Å². The van der Waals surface area contributed by atoms with Crippen molar-refractivity contribution in [1.82, 2.24) is 5.32 Å². The summed E-state index contributed by atoms with van der Waals surface area (Å²) < 4.78 is 32.1. The summed E-state index contributed by atoms with van der Waals surface area (Å²) in [5.41, 5.74) is 4.02. The number of hydrogen-bond donors (Lipinski definition) is 1. The predicted octanol–water partition coefficient (Wildman–Crippen LogP) is 5.34. The van der Waals surface area contributed by atoms with E-state index in [1.165, 1.54) is 24.3 Å². The topological polar surface area (TPSA) is 46.0 Å². The van der Waals surface area contributed by atoms with Crippen LogP contribution in [0.4, 0.5) is 8.78 Å². The largest absolute Gasteiger partial charge is 0.494 e. The van der Waals surface area contributed by atoms with Crippen molar-refractivity contribution in [1.29, 1.82) is 0 Å². The van der Waals surface area contributed by atoms with E-state index in [2.05, 4.69) is 12.2 Å². The van der Waals surface area contributed by atoms with E-state index in [1.54, 1.807) is 24.3 Å². The summed E-state index contributed by atoms with van der Waals surface area (Å²) in [6, 6.07) is 19.0. The Morgan fingerprint density at radius 1 is 0.727 bits per heavy atom. The van der Waals surface area contributed by atoms with Gasteiger partial charge in [0.05, 0.1) is 6.61 Å². The van der Waals surface area contributed by atoms with E-state index in [0.29, 0.717) is 26.1 Å². The molecule has 4 nitrogen and oxygen atoms in total. The lowest BCUT2D eigenvalue weighted by Crippen LogP contribution is -2.23. The molecule has 0 saturated carbocycles. The Morgan fingerprint density at radius 3 is 1.82 bits per heavy atom. The maximum absolute atomic E-state index is 13.1. The summed E-state index contributed by atoms with van der Waals surface area (Å²) in [6.07, 6.45) is 2.36. The van der Waals surface area contributed by atoms with Crippen LogP contribution in [-0.4, -0.2) is 31.4 Å². The number of halogens is 2. The second kappa shape index (κ2) is 10.9. The highest BCUT2D eigenvalue weighted by atomic mass is 19.1. The van der Waals surface area contributed by atoms with Gasteiger partial charge in [-0.15, -0.1) is 0 Å². The lowest BCUT2D eigenvalue weighted by atomic mass is 10.1. The van der Waals surface area contributed by atoms with Gasteiger partial charge < -0.3 is 10.1 Å². The van der Waals surface area contributed by atoms with Crippen molar-refractivity contribution in [3.8, 4) is 5.75 Å². The minimum Gasteiger partial charge on any atom is -0.494 e. The van der Waals surface area contributed by atoms with Gasteiger partial charge in [-0.3, -0.25) is 9.98 Å². The minimum atomic E-state index is -0.238. The molecule has 0 bridgehead atoms. The monoisotopic (exact) mass is 447 g/mol. The fourth-order valence-corrected chi connectivity index (χ4v) is 3.63. The normalized spacial score (nSPS) is 15.0. The van der Waals surface area contributed by atoms with Crippen LogP contribution < -0.4 is 10.1 Å². The Kier molecular flexibility index (Phi) is 7.45. The van der Waals surface area contributed by atoms with E-state index < -0.39 is 0 Å². The molecule has 1 N–H and O–H groups in total. The maximum Gasteiger partial charge on any atom is 0.134 e. The molecule has 0 saturated heterocycles. The van der Waals surface area contributed by atoms with Crippen LogP contribution in [0.2, 0.25) is 0 Å². The number of rotatable bonds is 9. The van der Waals surface area contributed by atoms with Crippen LogP contribution in [0, 0.1) is 11.6 Å². The van der Waals surface area contributed by atoms with E-state index >= 15 is 0 Å². The van der Waals surface area contributed by atoms with Crippen LogP contribution >= 0.6 is 0 Å². The molecule has 6 heteroatoms. The first-order valence-corrected chi connectivity index (χ1v) is 11.2.